The van der Waals surface area contributed by atoms with Gasteiger partial charge in [0.2, 0.25) is 0 Å². The maximum absolute atomic E-state index is 11.1. The molecule has 0 unspecified atom stereocenters. The molecule has 0 spiro atoms. The fraction of sp³-hybridized carbons (Fsp3) is 0.842. The summed E-state index contributed by atoms with van der Waals surface area (Å²) in [5.74, 6) is -0.173. The molecule has 0 radical (unpaired) electrons. The molecule has 2 nitrogen and oxygen atoms in total. The molecule has 0 aromatic heterocycles. The maximum Gasteiger partial charge on any atom is 0.306 e. The lowest BCUT2D eigenvalue weighted by Gasteiger charge is -2.01. The van der Waals surface area contributed by atoms with Gasteiger partial charge in [0.25, 0.3) is 0 Å². The zero-order valence-corrected chi connectivity index (χ0v) is 15.2. The Balaban J connectivity index is 3.12. The fourth-order valence-electron chi connectivity index (χ4n) is 2.47. The first-order valence-corrected chi connectivity index (χ1v) is 9.71. The number of esters is 1. The third kappa shape index (κ3) is 17.6. The summed E-state index contributed by atoms with van der Waals surface area (Å²) < 4.78 is 4.68. The molecule has 0 fully saturated rings. The van der Waals surface area contributed by atoms with Crippen LogP contribution in [-0.4, -0.2) is 12.0 Å². The van der Waals surface area contributed by atoms with Crippen molar-refractivity contribution < 1.29 is 9.53 Å². The minimum absolute atomic E-state index is 0.0239. The molecule has 0 atom stereocenters. The molecule has 0 aromatic rings. The van der Waals surface area contributed by atoms with Crippen LogP contribution in [0.5, 0.6) is 0 Å². The van der Waals surface area contributed by atoms with Gasteiger partial charge < -0.3 is 4.74 Å². The topological polar surface area (TPSA) is 26.3 Å². The summed E-state index contributed by atoms with van der Waals surface area (Å²) in [6, 6.07) is -0.0239. The standard InChI is InChI=1S/C19H35ClO2/c1-2-3-4-5-6-7-8-9-10-11-12-13-14-15-16-17-19(21)22-18-20/h9-10H,2-8,11-18H2,1H3/b10-9-. The highest BCUT2D eigenvalue weighted by Crippen LogP contribution is 2.10. The van der Waals surface area contributed by atoms with Crippen LogP contribution in [0.2, 0.25) is 0 Å². The van der Waals surface area contributed by atoms with Crippen LogP contribution < -0.4 is 0 Å². The zero-order valence-electron chi connectivity index (χ0n) is 14.5. The third-order valence-corrected chi connectivity index (χ3v) is 3.97. The molecule has 0 bridgehead atoms. The average molecular weight is 331 g/mol. The molecule has 0 rings (SSSR count). The van der Waals surface area contributed by atoms with Crippen molar-refractivity contribution in [1.29, 1.82) is 0 Å². The first kappa shape index (κ1) is 21.5. The van der Waals surface area contributed by atoms with Gasteiger partial charge in [-0.3, -0.25) is 4.79 Å². The van der Waals surface area contributed by atoms with Gasteiger partial charge in [-0.25, -0.2) is 0 Å². The molecule has 130 valence electrons. The van der Waals surface area contributed by atoms with Crippen molar-refractivity contribution in [3.05, 3.63) is 12.2 Å². The lowest BCUT2D eigenvalue weighted by molar-refractivity contribution is -0.141. The van der Waals surface area contributed by atoms with Crippen molar-refractivity contribution >= 4 is 17.6 Å². The largest absolute Gasteiger partial charge is 0.449 e. The van der Waals surface area contributed by atoms with Crippen LogP contribution >= 0.6 is 11.6 Å². The Bertz CT molecular complexity index is 264. The van der Waals surface area contributed by atoms with E-state index in [1.807, 2.05) is 0 Å². The number of ether oxygens (including phenoxy) is 1. The second-order valence-corrected chi connectivity index (χ2v) is 6.18. The Labute approximate surface area is 142 Å². The van der Waals surface area contributed by atoms with E-state index in [1.165, 1.54) is 70.6 Å². The Hall–Kier alpha value is -0.500. The Morgan fingerprint density at radius 2 is 1.32 bits per heavy atom. The lowest BCUT2D eigenvalue weighted by Crippen LogP contribution is -2.01. The van der Waals surface area contributed by atoms with Crippen LogP contribution in [0.3, 0.4) is 0 Å². The van der Waals surface area contributed by atoms with Gasteiger partial charge in [-0.1, -0.05) is 82.0 Å². The van der Waals surface area contributed by atoms with Crippen LogP contribution in [0.15, 0.2) is 12.2 Å². The predicted octanol–water partition coefficient (Wildman–Crippen LogP) is 6.76. The summed E-state index contributed by atoms with van der Waals surface area (Å²) in [6.45, 7) is 2.26. The molecule has 0 aromatic carbocycles. The summed E-state index contributed by atoms with van der Waals surface area (Å²) in [5, 5.41) is 0. The molecule has 0 heterocycles. The molecule has 0 aliphatic heterocycles. The highest BCUT2D eigenvalue weighted by Gasteiger charge is 2.00. The number of allylic oxidation sites excluding steroid dienone is 2. The van der Waals surface area contributed by atoms with Crippen molar-refractivity contribution in [1.82, 2.24) is 0 Å². The van der Waals surface area contributed by atoms with Crippen LogP contribution in [0.4, 0.5) is 0 Å². The van der Waals surface area contributed by atoms with Gasteiger partial charge in [-0.15, -0.1) is 0 Å². The highest BCUT2D eigenvalue weighted by atomic mass is 35.5. The van der Waals surface area contributed by atoms with Gasteiger partial charge in [0.1, 0.15) is 0 Å². The monoisotopic (exact) mass is 330 g/mol. The summed E-state index contributed by atoms with van der Waals surface area (Å²) in [5.41, 5.74) is 0. The van der Waals surface area contributed by atoms with E-state index < -0.39 is 0 Å². The minimum atomic E-state index is -0.173. The van der Waals surface area contributed by atoms with Gasteiger partial charge >= 0.3 is 5.97 Å². The Morgan fingerprint density at radius 3 is 1.86 bits per heavy atom. The number of hydrogen-bond acceptors (Lipinski definition) is 2. The minimum Gasteiger partial charge on any atom is -0.449 e. The number of halogens is 1. The Kier molecular flexibility index (Phi) is 18.1. The van der Waals surface area contributed by atoms with E-state index >= 15 is 0 Å². The molecule has 22 heavy (non-hydrogen) atoms. The van der Waals surface area contributed by atoms with E-state index in [2.05, 4.69) is 23.8 Å². The summed E-state index contributed by atoms with van der Waals surface area (Å²) >= 11 is 5.32. The second-order valence-electron chi connectivity index (χ2n) is 5.96. The first-order chi connectivity index (χ1) is 10.8. The van der Waals surface area contributed by atoms with E-state index in [1.54, 1.807) is 0 Å². The molecule has 3 heteroatoms. The SMILES string of the molecule is CCCCCCCC/C=C\CCCCCCCC(=O)OCCl. The summed E-state index contributed by atoms with van der Waals surface area (Å²) in [6.07, 6.45) is 21.7. The summed E-state index contributed by atoms with van der Waals surface area (Å²) in [4.78, 5) is 11.1. The molecular weight excluding hydrogens is 296 g/mol. The normalized spacial score (nSPS) is 11.2. The van der Waals surface area contributed by atoms with Crippen molar-refractivity contribution in [2.24, 2.45) is 0 Å². The number of carbonyl (C=O) groups excluding carboxylic acids is 1. The smallest absolute Gasteiger partial charge is 0.306 e. The molecular formula is C19H35ClO2. The Morgan fingerprint density at radius 1 is 0.818 bits per heavy atom. The van der Waals surface area contributed by atoms with E-state index in [0.29, 0.717) is 6.42 Å². The lowest BCUT2D eigenvalue weighted by atomic mass is 10.1. The van der Waals surface area contributed by atoms with E-state index in [4.69, 9.17) is 11.6 Å². The van der Waals surface area contributed by atoms with E-state index in [0.717, 1.165) is 12.8 Å². The maximum atomic E-state index is 11.1. The molecule has 0 aliphatic carbocycles. The van der Waals surface area contributed by atoms with Gasteiger partial charge in [0.05, 0.1) is 0 Å². The van der Waals surface area contributed by atoms with Crippen LogP contribution in [0.25, 0.3) is 0 Å². The number of alkyl halides is 1. The quantitative estimate of drug-likeness (QED) is 0.135. The third-order valence-electron chi connectivity index (χ3n) is 3.86. The predicted molar refractivity (Wildman–Crippen MR) is 96.3 cm³/mol. The van der Waals surface area contributed by atoms with E-state index in [-0.39, 0.29) is 12.0 Å². The van der Waals surface area contributed by atoms with E-state index in [9.17, 15) is 4.79 Å². The fourth-order valence-corrected chi connectivity index (χ4v) is 2.59. The second kappa shape index (κ2) is 18.5. The van der Waals surface area contributed by atoms with Gasteiger partial charge in [0, 0.05) is 6.42 Å². The van der Waals surface area contributed by atoms with Crippen LogP contribution in [0.1, 0.15) is 96.8 Å². The van der Waals surface area contributed by atoms with Crippen LogP contribution in [-0.2, 0) is 9.53 Å². The first-order valence-electron chi connectivity index (χ1n) is 9.17. The van der Waals surface area contributed by atoms with Gasteiger partial charge in [-0.05, 0) is 32.1 Å². The molecule has 0 saturated carbocycles. The number of carbonyl (C=O) groups is 1. The van der Waals surface area contributed by atoms with Crippen LogP contribution in [0, 0.1) is 0 Å². The van der Waals surface area contributed by atoms with Crippen molar-refractivity contribution in [3.63, 3.8) is 0 Å². The van der Waals surface area contributed by atoms with Gasteiger partial charge in [-0.2, -0.15) is 0 Å². The average Bonchev–Trinajstić information content (AvgIpc) is 2.51. The van der Waals surface area contributed by atoms with Gasteiger partial charge in [0.15, 0.2) is 6.07 Å². The van der Waals surface area contributed by atoms with Crippen molar-refractivity contribution in [3.8, 4) is 0 Å². The molecule has 0 saturated heterocycles. The number of hydrogen-bond donors (Lipinski definition) is 0. The molecule has 0 N–H and O–H groups in total. The zero-order chi connectivity index (χ0) is 16.3. The summed E-state index contributed by atoms with van der Waals surface area (Å²) in [7, 11) is 0. The highest BCUT2D eigenvalue weighted by molar-refractivity contribution is 6.17. The van der Waals surface area contributed by atoms with Crippen molar-refractivity contribution in [2.75, 3.05) is 6.07 Å². The number of rotatable bonds is 16. The molecule has 0 aliphatic rings. The molecule has 0 amide bonds. The van der Waals surface area contributed by atoms with Crippen molar-refractivity contribution in [2.45, 2.75) is 96.8 Å². The number of unbranched alkanes of at least 4 members (excludes halogenated alkanes) is 11.